The number of benzene rings is 3. The van der Waals surface area contributed by atoms with Crippen molar-refractivity contribution in [2.24, 2.45) is 0 Å². The minimum atomic E-state index is -0.317. The van der Waals surface area contributed by atoms with Crippen LogP contribution in [0.3, 0.4) is 0 Å². The predicted molar refractivity (Wildman–Crippen MR) is 200 cm³/mol. The van der Waals surface area contributed by atoms with Gasteiger partial charge in [0.2, 0.25) is 11.8 Å². The molecule has 4 heterocycles. The van der Waals surface area contributed by atoms with Gasteiger partial charge in [0.15, 0.2) is 5.82 Å². The maximum absolute atomic E-state index is 12.6. The summed E-state index contributed by atoms with van der Waals surface area (Å²) in [7, 11) is 3.48. The molecule has 1 unspecified atom stereocenters. The molecule has 0 radical (unpaired) electrons. The van der Waals surface area contributed by atoms with Gasteiger partial charge in [-0.05, 0) is 54.8 Å². The Balaban J connectivity index is 1.09. The fourth-order valence-corrected chi connectivity index (χ4v) is 7.02. The molecule has 3 fully saturated rings. The third kappa shape index (κ3) is 7.80. The number of hydrogen-bond donors (Lipinski definition) is 2. The number of piperazine rings is 1. The minimum Gasteiger partial charge on any atom is -0.494 e. The normalized spacial score (nSPS) is 18.3. The summed E-state index contributed by atoms with van der Waals surface area (Å²) in [5, 5.41) is 8.19. The van der Waals surface area contributed by atoms with Crippen molar-refractivity contribution in [1.82, 2.24) is 19.8 Å². The number of nitrogens with one attached hydrogen (secondary N) is 2. The van der Waals surface area contributed by atoms with Crippen LogP contribution in [0.2, 0.25) is 0 Å². The van der Waals surface area contributed by atoms with E-state index in [1.54, 1.807) is 12.0 Å². The van der Waals surface area contributed by atoms with Gasteiger partial charge in [-0.3, -0.25) is 19.3 Å². The zero-order chi connectivity index (χ0) is 36.0. The lowest BCUT2D eigenvalue weighted by Gasteiger charge is -2.42. The molecule has 0 spiro atoms. The molecule has 2 N–H and O–H groups in total. The first-order valence-corrected chi connectivity index (χ1v) is 17.6. The molecular weight excluding hydrogens is 660 g/mol. The predicted octanol–water partition coefficient (Wildman–Crippen LogP) is 5.77. The van der Waals surface area contributed by atoms with E-state index in [0.29, 0.717) is 48.0 Å². The van der Waals surface area contributed by atoms with Crippen molar-refractivity contribution >= 4 is 40.5 Å². The van der Waals surface area contributed by atoms with Gasteiger partial charge in [0.05, 0.1) is 43.4 Å². The number of carbonyl (C=O) groups is 2. The summed E-state index contributed by atoms with van der Waals surface area (Å²) in [6, 6.07) is 23.6. The van der Waals surface area contributed by atoms with E-state index in [0.717, 1.165) is 68.2 Å². The number of methoxy groups -OCH3 is 1. The molecule has 0 aliphatic carbocycles. The molecule has 1 atom stereocenters. The van der Waals surface area contributed by atoms with E-state index in [1.807, 2.05) is 78.8 Å². The van der Waals surface area contributed by atoms with E-state index in [2.05, 4.69) is 43.0 Å². The number of aromatic nitrogens is 2. The zero-order valence-corrected chi connectivity index (χ0v) is 29.5. The van der Waals surface area contributed by atoms with Gasteiger partial charge in [-0.15, -0.1) is 0 Å². The monoisotopic (exact) mass is 704 g/mol. The molecule has 3 aliphatic rings. The zero-order valence-electron chi connectivity index (χ0n) is 29.5. The van der Waals surface area contributed by atoms with Crippen LogP contribution in [0.1, 0.15) is 30.9 Å². The summed E-state index contributed by atoms with van der Waals surface area (Å²) >= 11 is 0. The number of carbonyl (C=O) groups excluding carboxylic acids is 2. The first kappa shape index (κ1) is 34.8. The molecule has 3 aromatic carbocycles. The van der Waals surface area contributed by atoms with E-state index >= 15 is 0 Å². The van der Waals surface area contributed by atoms with Crippen LogP contribution in [-0.2, 0) is 14.4 Å². The Bertz CT molecular complexity index is 1900. The highest BCUT2D eigenvalue weighted by molar-refractivity contribution is 6.02. The first-order valence-electron chi connectivity index (χ1n) is 17.6. The lowest BCUT2D eigenvalue weighted by atomic mass is 10.0. The number of anilines is 5. The highest BCUT2D eigenvalue weighted by atomic mass is 16.7. The van der Waals surface area contributed by atoms with Crippen LogP contribution in [0.15, 0.2) is 91.8 Å². The number of hydroxylamine groups is 1. The Hall–Kier alpha value is -5.66. The highest BCUT2D eigenvalue weighted by Crippen LogP contribution is 2.41. The van der Waals surface area contributed by atoms with Gasteiger partial charge < -0.3 is 29.9 Å². The second kappa shape index (κ2) is 15.7. The summed E-state index contributed by atoms with van der Waals surface area (Å²) in [6.45, 7) is 7.82. The summed E-state index contributed by atoms with van der Waals surface area (Å²) in [5.74, 6) is 3.06. The molecule has 0 bridgehead atoms. The fourth-order valence-electron chi connectivity index (χ4n) is 7.02. The van der Waals surface area contributed by atoms with Crippen LogP contribution in [0.25, 0.3) is 0 Å². The Kier molecular flexibility index (Phi) is 10.5. The van der Waals surface area contributed by atoms with Crippen molar-refractivity contribution in [3.8, 4) is 17.2 Å². The van der Waals surface area contributed by atoms with E-state index in [1.165, 1.54) is 12.4 Å². The van der Waals surface area contributed by atoms with E-state index in [9.17, 15) is 9.59 Å². The lowest BCUT2D eigenvalue weighted by Crippen LogP contribution is -2.54. The van der Waals surface area contributed by atoms with E-state index < -0.39 is 0 Å². The number of rotatable bonds is 11. The third-order valence-electron chi connectivity index (χ3n) is 9.84. The maximum Gasteiger partial charge on any atom is 0.247 e. The molecule has 13 nitrogen and oxygen atoms in total. The lowest BCUT2D eigenvalue weighted by molar-refractivity contribution is -0.135. The van der Waals surface area contributed by atoms with Gasteiger partial charge in [-0.1, -0.05) is 36.9 Å². The van der Waals surface area contributed by atoms with Crippen LogP contribution in [0, 0.1) is 0 Å². The number of piperidine rings is 1. The Morgan fingerprint density at radius 2 is 1.75 bits per heavy atom. The van der Waals surface area contributed by atoms with Crippen LogP contribution in [0.4, 0.5) is 28.7 Å². The quantitative estimate of drug-likeness (QED) is 0.185. The summed E-state index contributed by atoms with van der Waals surface area (Å²) in [5.41, 5.74) is 3.13. The molecule has 1 aromatic heterocycles. The van der Waals surface area contributed by atoms with Crippen LogP contribution < -0.4 is 30.1 Å². The SMILES string of the molecule is C=CC(=O)Nc1cc(Nc2cc(N3OCCC3c3cccc(Oc4ccccc4)c3)ncn2)c(OC)cc1N1CCC(N2CCN(C)C(=O)C2)CC1. The van der Waals surface area contributed by atoms with Crippen LogP contribution in [0.5, 0.6) is 17.2 Å². The van der Waals surface area contributed by atoms with Gasteiger partial charge >= 0.3 is 0 Å². The second-order valence-corrected chi connectivity index (χ2v) is 13.1. The fraction of sp³-hybridized carbons (Fsp3) is 0.333. The number of nitrogens with zero attached hydrogens (tertiary/aromatic N) is 6. The average molecular weight is 705 g/mol. The average Bonchev–Trinajstić information content (AvgIpc) is 3.67. The number of ether oxygens (including phenoxy) is 2. The van der Waals surface area contributed by atoms with Gasteiger partial charge in [-0.25, -0.2) is 15.0 Å². The molecule has 3 aliphatic heterocycles. The summed E-state index contributed by atoms with van der Waals surface area (Å²) in [4.78, 5) is 46.5. The molecule has 7 rings (SSSR count). The molecule has 3 saturated heterocycles. The molecule has 4 aromatic rings. The number of para-hydroxylation sites is 1. The number of likely N-dealkylation sites (N-methyl/N-ethyl adjacent to an activating group) is 1. The Morgan fingerprint density at radius 1 is 0.942 bits per heavy atom. The standard InChI is InChI=1S/C39H44N8O5/c1-4-38(48)43-31-22-32(35(50-3)23-34(31)45-16-13-28(14-17-45)46-19-18-44(2)39(49)25-46)42-36-24-37(41-26-40-36)47-33(15-20-51-47)27-9-8-12-30(21-27)52-29-10-6-5-7-11-29/h4-12,21-24,26,28,33H,1,13-20,25H2,2-3H3,(H,43,48)(H,40,41,42). The molecular formula is C39H44N8O5. The van der Waals surface area contributed by atoms with Crippen molar-refractivity contribution in [3.05, 3.63) is 97.3 Å². The first-order chi connectivity index (χ1) is 25.4. The molecule has 52 heavy (non-hydrogen) atoms. The smallest absolute Gasteiger partial charge is 0.247 e. The van der Waals surface area contributed by atoms with Crippen LogP contribution in [-0.4, -0.2) is 91.1 Å². The molecule has 0 saturated carbocycles. The van der Waals surface area contributed by atoms with E-state index in [4.69, 9.17) is 14.3 Å². The third-order valence-corrected chi connectivity index (χ3v) is 9.84. The number of hydrogen-bond acceptors (Lipinski definition) is 11. The van der Waals surface area contributed by atoms with Crippen LogP contribution >= 0.6 is 0 Å². The van der Waals surface area contributed by atoms with Gasteiger partial charge in [0.25, 0.3) is 0 Å². The van der Waals surface area contributed by atoms with E-state index in [-0.39, 0.29) is 17.9 Å². The summed E-state index contributed by atoms with van der Waals surface area (Å²) < 4.78 is 12.0. The molecule has 270 valence electrons. The van der Waals surface area contributed by atoms with Crippen molar-refractivity contribution < 1.29 is 23.9 Å². The second-order valence-electron chi connectivity index (χ2n) is 13.1. The largest absolute Gasteiger partial charge is 0.494 e. The van der Waals surface area contributed by atoms with Gasteiger partial charge in [0, 0.05) is 57.8 Å². The van der Waals surface area contributed by atoms with Crippen molar-refractivity contribution in [1.29, 1.82) is 0 Å². The van der Waals surface area contributed by atoms with Gasteiger partial charge in [-0.2, -0.15) is 0 Å². The topological polar surface area (TPSA) is 125 Å². The Labute approximate surface area is 303 Å². The van der Waals surface area contributed by atoms with Gasteiger partial charge in [0.1, 0.15) is 29.4 Å². The minimum absolute atomic E-state index is 0.0857. The van der Waals surface area contributed by atoms with Crippen molar-refractivity contribution in [2.75, 3.05) is 74.1 Å². The Morgan fingerprint density at radius 3 is 2.52 bits per heavy atom. The summed E-state index contributed by atoms with van der Waals surface area (Å²) in [6.07, 6.45) is 5.33. The van der Waals surface area contributed by atoms with Crippen molar-refractivity contribution in [2.45, 2.75) is 31.3 Å². The number of amides is 2. The molecule has 13 heteroatoms. The highest BCUT2D eigenvalue weighted by Gasteiger charge is 2.32. The maximum atomic E-state index is 12.6. The molecule has 2 amide bonds. The van der Waals surface area contributed by atoms with Crippen molar-refractivity contribution in [3.63, 3.8) is 0 Å².